The Balaban J connectivity index is 1.22. The van der Waals surface area contributed by atoms with Gasteiger partial charge >= 0.3 is 0 Å². The minimum Gasteiger partial charge on any atom is -0.490 e. The van der Waals surface area contributed by atoms with Crippen LogP contribution >= 0.6 is 0 Å². The predicted molar refractivity (Wildman–Crippen MR) is 103 cm³/mol. The van der Waals surface area contributed by atoms with Crippen LogP contribution in [0.4, 0.5) is 0 Å². The third-order valence-electron chi connectivity index (χ3n) is 5.26. The lowest BCUT2D eigenvalue weighted by Gasteiger charge is -2.29. The molecule has 0 aromatic heterocycles. The molecular formula is C22H25NO5. The van der Waals surface area contributed by atoms with Crippen LogP contribution < -0.4 is 19.5 Å². The average molecular weight is 383 g/mol. The van der Waals surface area contributed by atoms with E-state index in [1.807, 2.05) is 42.5 Å². The van der Waals surface area contributed by atoms with Gasteiger partial charge in [0.25, 0.3) is 0 Å². The zero-order chi connectivity index (χ0) is 19.3. The van der Waals surface area contributed by atoms with Crippen LogP contribution in [0.3, 0.4) is 0 Å². The number of hydrogen-bond acceptors (Lipinski definition) is 5. The van der Waals surface area contributed by atoms with Crippen molar-refractivity contribution in [1.29, 1.82) is 0 Å². The first kappa shape index (κ1) is 18.6. The second kappa shape index (κ2) is 8.52. The standard InChI is InChI=1S/C22H25NO5/c24-13-16-3-1-15(2-4-16)11-22(25)23-17-5-7-18(8-6-17)28-19-9-10-20-21(12-19)27-14-26-20/h1-4,9-10,12,17-18,24H,5-8,11,13-14H2,(H,23,25). The van der Waals surface area contributed by atoms with Crippen molar-refractivity contribution in [3.05, 3.63) is 53.6 Å². The fraction of sp³-hybridized carbons (Fsp3) is 0.409. The van der Waals surface area contributed by atoms with Crippen molar-refractivity contribution in [3.8, 4) is 17.2 Å². The number of carbonyl (C=O) groups excluding carboxylic acids is 1. The highest BCUT2D eigenvalue weighted by Gasteiger charge is 2.24. The van der Waals surface area contributed by atoms with Crippen molar-refractivity contribution in [2.75, 3.05) is 6.79 Å². The fourth-order valence-corrected chi connectivity index (χ4v) is 3.69. The van der Waals surface area contributed by atoms with Gasteiger partial charge in [0, 0.05) is 12.1 Å². The van der Waals surface area contributed by atoms with Crippen LogP contribution in [0.5, 0.6) is 17.2 Å². The maximum Gasteiger partial charge on any atom is 0.231 e. The van der Waals surface area contributed by atoms with Gasteiger partial charge in [0.2, 0.25) is 12.7 Å². The molecule has 2 aromatic rings. The molecule has 1 heterocycles. The minimum absolute atomic E-state index is 0.0179. The van der Waals surface area contributed by atoms with Crippen molar-refractivity contribution in [2.45, 2.75) is 50.9 Å². The van der Waals surface area contributed by atoms with Gasteiger partial charge in [0.15, 0.2) is 11.5 Å². The first-order valence-corrected chi connectivity index (χ1v) is 9.74. The Bertz CT molecular complexity index is 812. The molecule has 0 radical (unpaired) electrons. The van der Waals surface area contributed by atoms with Crippen LogP contribution in [0.15, 0.2) is 42.5 Å². The molecule has 1 fully saturated rings. The SMILES string of the molecule is O=C(Cc1ccc(CO)cc1)NC1CCC(Oc2ccc3c(c2)OCO3)CC1. The number of ether oxygens (including phenoxy) is 3. The quantitative estimate of drug-likeness (QED) is 0.802. The Labute approximate surface area is 164 Å². The number of rotatable bonds is 6. The lowest BCUT2D eigenvalue weighted by atomic mass is 9.92. The third kappa shape index (κ3) is 4.57. The van der Waals surface area contributed by atoms with Gasteiger partial charge in [-0.3, -0.25) is 4.79 Å². The van der Waals surface area contributed by atoms with Crippen LogP contribution in [0.1, 0.15) is 36.8 Å². The second-order valence-corrected chi connectivity index (χ2v) is 7.33. The van der Waals surface area contributed by atoms with Crippen molar-refractivity contribution >= 4 is 5.91 Å². The van der Waals surface area contributed by atoms with E-state index >= 15 is 0 Å². The van der Waals surface area contributed by atoms with E-state index in [1.54, 1.807) is 0 Å². The zero-order valence-corrected chi connectivity index (χ0v) is 15.7. The lowest BCUT2D eigenvalue weighted by Crippen LogP contribution is -2.40. The number of carbonyl (C=O) groups is 1. The molecule has 6 nitrogen and oxygen atoms in total. The summed E-state index contributed by atoms with van der Waals surface area (Å²) in [5.41, 5.74) is 1.81. The molecule has 1 saturated carbocycles. The minimum atomic E-state index is 0.0179. The van der Waals surface area contributed by atoms with Crippen LogP contribution in [0, 0.1) is 0 Å². The number of benzene rings is 2. The number of aliphatic hydroxyl groups excluding tert-OH is 1. The molecule has 0 atom stereocenters. The summed E-state index contributed by atoms with van der Waals surface area (Å²) in [6.07, 6.45) is 4.14. The van der Waals surface area contributed by atoms with Crippen LogP contribution in [-0.2, 0) is 17.8 Å². The normalized spacial score (nSPS) is 20.6. The van der Waals surface area contributed by atoms with Gasteiger partial charge < -0.3 is 24.6 Å². The van der Waals surface area contributed by atoms with Gasteiger partial charge in [0.1, 0.15) is 5.75 Å². The number of fused-ring (bicyclic) bond motifs is 1. The van der Waals surface area contributed by atoms with E-state index in [9.17, 15) is 4.79 Å². The Hall–Kier alpha value is -2.73. The second-order valence-electron chi connectivity index (χ2n) is 7.33. The Kier molecular flexibility index (Phi) is 5.67. The first-order chi connectivity index (χ1) is 13.7. The lowest BCUT2D eigenvalue weighted by molar-refractivity contribution is -0.121. The molecule has 0 unspecified atom stereocenters. The van der Waals surface area contributed by atoms with Crippen molar-refractivity contribution in [1.82, 2.24) is 5.32 Å². The van der Waals surface area contributed by atoms with Crippen molar-refractivity contribution in [2.24, 2.45) is 0 Å². The predicted octanol–water partition coefficient (Wildman–Crippen LogP) is 2.96. The molecule has 28 heavy (non-hydrogen) atoms. The summed E-state index contributed by atoms with van der Waals surface area (Å²) in [6, 6.07) is 13.3. The number of nitrogens with one attached hydrogen (secondary N) is 1. The van der Waals surface area contributed by atoms with Gasteiger partial charge in [-0.05, 0) is 48.9 Å². The van der Waals surface area contributed by atoms with Crippen LogP contribution in [0.25, 0.3) is 0 Å². The molecule has 1 aliphatic carbocycles. The molecule has 6 heteroatoms. The summed E-state index contributed by atoms with van der Waals surface area (Å²) in [5.74, 6) is 2.31. The Morgan fingerprint density at radius 1 is 1.00 bits per heavy atom. The van der Waals surface area contributed by atoms with Crippen molar-refractivity contribution < 1.29 is 24.1 Å². The number of hydrogen-bond donors (Lipinski definition) is 2. The molecule has 4 rings (SSSR count). The van der Waals surface area contributed by atoms with Gasteiger partial charge in [0.05, 0.1) is 19.1 Å². The topological polar surface area (TPSA) is 77.0 Å². The molecule has 2 aliphatic rings. The Morgan fingerprint density at radius 2 is 1.71 bits per heavy atom. The average Bonchev–Trinajstić information content (AvgIpc) is 3.18. The first-order valence-electron chi connectivity index (χ1n) is 9.74. The smallest absolute Gasteiger partial charge is 0.231 e. The fourth-order valence-electron chi connectivity index (χ4n) is 3.69. The molecule has 2 N–H and O–H groups in total. The molecule has 148 valence electrons. The maximum absolute atomic E-state index is 12.3. The highest BCUT2D eigenvalue weighted by Crippen LogP contribution is 2.36. The highest BCUT2D eigenvalue weighted by molar-refractivity contribution is 5.78. The van der Waals surface area contributed by atoms with E-state index in [0.29, 0.717) is 6.42 Å². The summed E-state index contributed by atoms with van der Waals surface area (Å²) in [6.45, 7) is 0.277. The summed E-state index contributed by atoms with van der Waals surface area (Å²) < 4.78 is 16.8. The van der Waals surface area contributed by atoms with Crippen LogP contribution in [-0.4, -0.2) is 30.0 Å². The van der Waals surface area contributed by atoms with E-state index in [1.165, 1.54) is 0 Å². The summed E-state index contributed by atoms with van der Waals surface area (Å²) in [5, 5.41) is 12.2. The summed E-state index contributed by atoms with van der Waals surface area (Å²) >= 11 is 0. The monoisotopic (exact) mass is 383 g/mol. The van der Waals surface area contributed by atoms with E-state index in [4.69, 9.17) is 19.3 Å². The molecular weight excluding hydrogens is 358 g/mol. The van der Waals surface area contributed by atoms with E-state index in [0.717, 1.165) is 54.1 Å². The summed E-state index contributed by atoms with van der Waals surface area (Å²) in [7, 11) is 0. The largest absolute Gasteiger partial charge is 0.490 e. The molecule has 0 bridgehead atoms. The highest BCUT2D eigenvalue weighted by atomic mass is 16.7. The van der Waals surface area contributed by atoms with Gasteiger partial charge in [-0.1, -0.05) is 24.3 Å². The Morgan fingerprint density at radius 3 is 2.46 bits per heavy atom. The van der Waals surface area contributed by atoms with Crippen molar-refractivity contribution in [3.63, 3.8) is 0 Å². The molecule has 1 amide bonds. The zero-order valence-electron chi connectivity index (χ0n) is 15.7. The van der Waals surface area contributed by atoms with Gasteiger partial charge in [-0.25, -0.2) is 0 Å². The summed E-state index contributed by atoms with van der Waals surface area (Å²) in [4.78, 5) is 12.3. The number of amides is 1. The van der Waals surface area contributed by atoms with Gasteiger partial charge in [-0.15, -0.1) is 0 Å². The third-order valence-corrected chi connectivity index (χ3v) is 5.26. The molecule has 2 aromatic carbocycles. The van der Waals surface area contributed by atoms with E-state index < -0.39 is 0 Å². The van der Waals surface area contributed by atoms with Gasteiger partial charge in [-0.2, -0.15) is 0 Å². The molecule has 0 spiro atoms. The molecule has 0 saturated heterocycles. The van der Waals surface area contributed by atoms with E-state index in [2.05, 4.69) is 5.32 Å². The van der Waals surface area contributed by atoms with E-state index in [-0.39, 0.29) is 31.5 Å². The maximum atomic E-state index is 12.3. The molecule has 1 aliphatic heterocycles. The van der Waals surface area contributed by atoms with Crippen LogP contribution in [0.2, 0.25) is 0 Å². The number of aliphatic hydroxyl groups is 1.